The van der Waals surface area contributed by atoms with Gasteiger partial charge in [0.25, 0.3) is 0 Å². The van der Waals surface area contributed by atoms with Crippen molar-refractivity contribution in [2.45, 2.75) is 0 Å². The summed E-state index contributed by atoms with van der Waals surface area (Å²) in [6, 6.07) is 56.6. The maximum Gasteiger partial charge on any atom is 0.0702 e. The van der Waals surface area contributed by atoms with Crippen LogP contribution in [-0.2, 0) is 0 Å². The summed E-state index contributed by atoms with van der Waals surface area (Å²) in [5.41, 5.74) is 11.4. The summed E-state index contributed by atoms with van der Waals surface area (Å²) in [4.78, 5) is 4.66. The Morgan fingerprint density at radius 2 is 1.04 bits per heavy atom. The zero-order valence-corrected chi connectivity index (χ0v) is 25.5. The first kappa shape index (κ1) is 25.9. The van der Waals surface area contributed by atoms with Crippen LogP contribution in [0.15, 0.2) is 170 Å². The van der Waals surface area contributed by atoms with Gasteiger partial charge in [-0.05, 0) is 84.9 Å². The molecule has 47 heavy (non-hydrogen) atoms. The molecular weight excluding hydrogens is 573 g/mol. The standard InChI is InChI=1S/C43H28N4/c1-3-13-31(14-4-1)45-23-21-30-25-41-37(27-40(30)45)36-26-35-34-18-7-8-20-39(34)46(32-15-5-2-6-16-32)42(35)28-43(36)47(41)33-17-11-12-29(24-33)38-19-9-10-22-44-38/h1-28H. The Bertz CT molecular complexity index is 2770. The molecule has 4 aromatic heterocycles. The summed E-state index contributed by atoms with van der Waals surface area (Å²) in [7, 11) is 0. The molecule has 10 aromatic rings. The van der Waals surface area contributed by atoms with Gasteiger partial charge >= 0.3 is 0 Å². The van der Waals surface area contributed by atoms with Crippen molar-refractivity contribution >= 4 is 54.5 Å². The van der Waals surface area contributed by atoms with E-state index < -0.39 is 0 Å². The molecule has 0 atom stereocenters. The van der Waals surface area contributed by atoms with Gasteiger partial charge in [0.15, 0.2) is 0 Å². The average Bonchev–Trinajstić information content (AvgIpc) is 3.80. The maximum absolute atomic E-state index is 4.66. The number of rotatable bonds is 4. The fraction of sp³-hybridized carbons (Fsp3) is 0. The van der Waals surface area contributed by atoms with E-state index in [1.165, 1.54) is 54.5 Å². The molecule has 0 amide bonds. The number of pyridine rings is 1. The molecule has 0 N–H and O–H groups in total. The van der Waals surface area contributed by atoms with Crippen LogP contribution in [0.3, 0.4) is 0 Å². The van der Waals surface area contributed by atoms with Crippen molar-refractivity contribution in [3.05, 3.63) is 170 Å². The molecule has 4 nitrogen and oxygen atoms in total. The molecule has 0 unspecified atom stereocenters. The molecular formula is C43H28N4. The number of para-hydroxylation sites is 3. The van der Waals surface area contributed by atoms with Gasteiger partial charge in [-0.15, -0.1) is 0 Å². The minimum atomic E-state index is 0.962. The molecule has 4 heteroatoms. The van der Waals surface area contributed by atoms with Gasteiger partial charge in [-0.3, -0.25) is 4.98 Å². The molecule has 0 radical (unpaired) electrons. The second-order valence-electron chi connectivity index (χ2n) is 12.1. The van der Waals surface area contributed by atoms with Gasteiger partial charge in [-0.25, -0.2) is 0 Å². The number of hydrogen-bond acceptors (Lipinski definition) is 1. The topological polar surface area (TPSA) is 27.7 Å². The largest absolute Gasteiger partial charge is 0.317 e. The van der Waals surface area contributed by atoms with Crippen molar-refractivity contribution in [1.82, 2.24) is 18.7 Å². The Balaban J connectivity index is 1.35. The fourth-order valence-electron chi connectivity index (χ4n) is 7.39. The van der Waals surface area contributed by atoms with E-state index in [0.29, 0.717) is 0 Å². The number of benzene rings is 6. The van der Waals surface area contributed by atoms with Crippen molar-refractivity contribution in [3.8, 4) is 28.3 Å². The quantitative estimate of drug-likeness (QED) is 0.197. The predicted octanol–water partition coefficient (Wildman–Crippen LogP) is 10.9. The second-order valence-corrected chi connectivity index (χ2v) is 12.1. The molecule has 0 saturated carbocycles. The molecule has 0 aliphatic carbocycles. The van der Waals surface area contributed by atoms with E-state index in [2.05, 4.69) is 170 Å². The number of aromatic nitrogens is 4. The smallest absolute Gasteiger partial charge is 0.0702 e. The molecule has 6 aromatic carbocycles. The van der Waals surface area contributed by atoms with Crippen molar-refractivity contribution in [1.29, 1.82) is 0 Å². The zero-order valence-electron chi connectivity index (χ0n) is 25.5. The average molecular weight is 601 g/mol. The number of fused-ring (bicyclic) bond motifs is 7. The van der Waals surface area contributed by atoms with E-state index in [1.54, 1.807) is 0 Å². The van der Waals surface area contributed by atoms with Gasteiger partial charge in [-0.2, -0.15) is 0 Å². The Labute approximate surface area is 271 Å². The third-order valence-corrected chi connectivity index (χ3v) is 9.48. The Morgan fingerprint density at radius 3 is 1.85 bits per heavy atom. The Kier molecular flexibility index (Phi) is 5.54. The minimum Gasteiger partial charge on any atom is -0.317 e. The summed E-state index contributed by atoms with van der Waals surface area (Å²) in [6.07, 6.45) is 4.04. The maximum atomic E-state index is 4.66. The van der Waals surface area contributed by atoms with Crippen molar-refractivity contribution in [3.63, 3.8) is 0 Å². The van der Waals surface area contributed by atoms with E-state index in [1.807, 2.05) is 18.3 Å². The minimum absolute atomic E-state index is 0.962. The highest BCUT2D eigenvalue weighted by Gasteiger charge is 2.20. The van der Waals surface area contributed by atoms with Crippen LogP contribution < -0.4 is 0 Å². The fourth-order valence-corrected chi connectivity index (χ4v) is 7.39. The lowest BCUT2D eigenvalue weighted by Gasteiger charge is -2.11. The highest BCUT2D eigenvalue weighted by Crippen LogP contribution is 2.41. The summed E-state index contributed by atoms with van der Waals surface area (Å²) in [5, 5.41) is 6.16. The van der Waals surface area contributed by atoms with E-state index in [0.717, 1.165) is 28.3 Å². The number of nitrogens with zero attached hydrogens (tertiary/aromatic N) is 4. The molecule has 0 aliphatic rings. The SMILES string of the molecule is c1ccc(-n2ccc3cc4c(cc32)c2cc3c5ccccc5n(-c5ccccc5)c3cc2n4-c2cccc(-c3ccccn3)c2)cc1. The van der Waals surface area contributed by atoms with Gasteiger partial charge in [0.05, 0.1) is 33.3 Å². The lowest BCUT2D eigenvalue weighted by molar-refractivity contribution is 1.13. The summed E-state index contributed by atoms with van der Waals surface area (Å²) >= 11 is 0. The van der Waals surface area contributed by atoms with Crippen LogP contribution in [0, 0.1) is 0 Å². The predicted molar refractivity (Wildman–Crippen MR) is 195 cm³/mol. The molecule has 4 heterocycles. The highest BCUT2D eigenvalue weighted by molar-refractivity contribution is 6.20. The zero-order chi connectivity index (χ0) is 30.9. The van der Waals surface area contributed by atoms with Gasteiger partial charge in [0.2, 0.25) is 0 Å². The molecule has 0 spiro atoms. The normalized spacial score (nSPS) is 11.8. The molecule has 0 saturated heterocycles. The first-order chi connectivity index (χ1) is 23.3. The van der Waals surface area contributed by atoms with Gasteiger partial charge in [-0.1, -0.05) is 72.8 Å². The third kappa shape index (κ3) is 3.92. The molecule has 0 bridgehead atoms. The summed E-state index contributed by atoms with van der Waals surface area (Å²) in [5.74, 6) is 0. The highest BCUT2D eigenvalue weighted by atomic mass is 15.0. The van der Waals surface area contributed by atoms with Gasteiger partial charge < -0.3 is 13.7 Å². The molecule has 0 fully saturated rings. The second kappa shape index (κ2) is 10.1. The lowest BCUT2D eigenvalue weighted by atomic mass is 10.1. The Hall–Kier alpha value is -6.39. The summed E-state index contributed by atoms with van der Waals surface area (Å²) in [6.45, 7) is 0. The van der Waals surface area contributed by atoms with Crippen LogP contribution in [0.2, 0.25) is 0 Å². The van der Waals surface area contributed by atoms with Gasteiger partial charge in [0.1, 0.15) is 0 Å². The van der Waals surface area contributed by atoms with Crippen LogP contribution in [0.5, 0.6) is 0 Å². The lowest BCUT2D eigenvalue weighted by Crippen LogP contribution is -1.96. The van der Waals surface area contributed by atoms with Crippen LogP contribution in [0.4, 0.5) is 0 Å². The van der Waals surface area contributed by atoms with Crippen LogP contribution in [0.1, 0.15) is 0 Å². The van der Waals surface area contributed by atoms with E-state index in [4.69, 9.17) is 0 Å². The van der Waals surface area contributed by atoms with Crippen molar-refractivity contribution < 1.29 is 0 Å². The van der Waals surface area contributed by atoms with E-state index in [9.17, 15) is 0 Å². The van der Waals surface area contributed by atoms with E-state index >= 15 is 0 Å². The van der Waals surface area contributed by atoms with Gasteiger partial charge in [0, 0.05) is 62.0 Å². The Morgan fingerprint density at radius 1 is 0.383 bits per heavy atom. The molecule has 220 valence electrons. The molecule has 10 rings (SSSR count). The first-order valence-corrected chi connectivity index (χ1v) is 16.0. The molecule has 0 aliphatic heterocycles. The van der Waals surface area contributed by atoms with Crippen molar-refractivity contribution in [2.24, 2.45) is 0 Å². The third-order valence-electron chi connectivity index (χ3n) is 9.48. The van der Waals surface area contributed by atoms with Crippen LogP contribution in [0.25, 0.3) is 82.8 Å². The van der Waals surface area contributed by atoms with Crippen LogP contribution in [-0.4, -0.2) is 18.7 Å². The van der Waals surface area contributed by atoms with E-state index in [-0.39, 0.29) is 0 Å². The van der Waals surface area contributed by atoms with Crippen molar-refractivity contribution in [2.75, 3.05) is 0 Å². The summed E-state index contributed by atoms with van der Waals surface area (Å²) < 4.78 is 7.12. The van der Waals surface area contributed by atoms with Crippen LogP contribution >= 0.6 is 0 Å². The monoisotopic (exact) mass is 600 g/mol. The first-order valence-electron chi connectivity index (χ1n) is 16.0. The number of hydrogen-bond donors (Lipinski definition) is 0.